The molecule has 2 aromatic heterocycles. The van der Waals surface area contributed by atoms with Crippen molar-refractivity contribution in [1.82, 2.24) is 14.5 Å². The molecule has 3 heterocycles. The molecule has 1 amide bonds. The molecule has 34 heavy (non-hydrogen) atoms. The molecule has 0 atom stereocenters. The lowest BCUT2D eigenvalue weighted by atomic mass is 9.83. The fraction of sp³-hybridized carbons (Fsp3) is 0.385. The van der Waals surface area contributed by atoms with Gasteiger partial charge in [0.1, 0.15) is 19.0 Å². The second kappa shape index (κ2) is 8.36. The molecule has 3 aromatic rings. The minimum atomic E-state index is -0.742. The number of pyridine rings is 1. The van der Waals surface area contributed by atoms with Gasteiger partial charge in [-0.25, -0.2) is 9.97 Å². The maximum atomic E-state index is 14.1. The third kappa shape index (κ3) is 3.68. The van der Waals surface area contributed by atoms with Gasteiger partial charge in [0.25, 0.3) is 11.5 Å². The topological polar surface area (TPSA) is 91.6 Å². The van der Waals surface area contributed by atoms with Gasteiger partial charge in [0.15, 0.2) is 0 Å². The summed E-state index contributed by atoms with van der Waals surface area (Å²) in [4.78, 5) is 38.7. The Bertz CT molecular complexity index is 1390. The highest BCUT2D eigenvalue weighted by molar-refractivity contribution is 6.05. The van der Waals surface area contributed by atoms with E-state index in [1.54, 1.807) is 21.7 Å². The number of hydrogen-bond acceptors (Lipinski definition) is 6. The van der Waals surface area contributed by atoms with E-state index in [0.717, 1.165) is 16.9 Å². The van der Waals surface area contributed by atoms with Gasteiger partial charge in [0, 0.05) is 30.7 Å². The van der Waals surface area contributed by atoms with Gasteiger partial charge in [-0.3, -0.25) is 14.2 Å². The summed E-state index contributed by atoms with van der Waals surface area (Å²) in [6.45, 7) is 8.26. The van der Waals surface area contributed by atoms with Gasteiger partial charge in [0.05, 0.1) is 17.0 Å². The van der Waals surface area contributed by atoms with Crippen LogP contribution >= 0.6 is 0 Å². The number of amides is 1. The zero-order valence-electron chi connectivity index (χ0n) is 20.5. The molecule has 1 aromatic carbocycles. The zero-order chi connectivity index (χ0) is 24.9. The number of aromatic nitrogens is 3. The number of carbonyl (C=O) groups excluding carboxylic acids is 1. The van der Waals surface area contributed by atoms with Crippen molar-refractivity contribution in [2.75, 3.05) is 22.9 Å². The molecule has 5 rings (SSSR count). The fourth-order valence-corrected chi connectivity index (χ4v) is 5.26. The van der Waals surface area contributed by atoms with Gasteiger partial charge in [-0.05, 0) is 63.3 Å². The first-order valence-electron chi connectivity index (χ1n) is 12.1. The maximum Gasteiger partial charge on any atom is 0.276 e. The lowest BCUT2D eigenvalue weighted by molar-refractivity contribution is -0.114. The molecule has 1 N–H and O–H groups in total. The monoisotopic (exact) mass is 460 g/mol. The fourth-order valence-electron chi connectivity index (χ4n) is 5.26. The highest BCUT2D eigenvalue weighted by Gasteiger charge is 2.33. The second-order valence-electron chi connectivity index (χ2n) is 9.47. The summed E-state index contributed by atoms with van der Waals surface area (Å²) in [6.07, 6.45) is 5.19. The molecular formula is C26H29N5O3. The third-order valence-electron chi connectivity index (χ3n) is 7.09. The number of aryl methyl sites for hydroxylation is 1. The minimum absolute atomic E-state index is 0.139. The van der Waals surface area contributed by atoms with Crippen LogP contribution in [-0.4, -0.2) is 44.2 Å². The van der Waals surface area contributed by atoms with E-state index >= 15 is 0 Å². The third-order valence-corrected chi connectivity index (χ3v) is 7.09. The van der Waals surface area contributed by atoms with Crippen LogP contribution in [-0.2, 0) is 4.79 Å². The number of aliphatic hydroxyl groups is 1. The number of nitrogens with zero attached hydrogens (tertiary/aromatic N) is 5. The highest BCUT2D eigenvalue weighted by atomic mass is 16.3. The maximum absolute atomic E-state index is 14.1. The molecule has 0 spiro atoms. The molecule has 176 valence electrons. The van der Waals surface area contributed by atoms with Crippen LogP contribution < -0.4 is 15.4 Å². The second-order valence-corrected chi connectivity index (χ2v) is 9.47. The average Bonchev–Trinajstić information content (AvgIpc) is 2.83. The van der Waals surface area contributed by atoms with Crippen LogP contribution in [0.5, 0.6) is 0 Å². The van der Waals surface area contributed by atoms with Crippen LogP contribution in [0.3, 0.4) is 0 Å². The van der Waals surface area contributed by atoms with Crippen LogP contribution in [0.15, 0.2) is 54.2 Å². The number of carbonyl (C=O) groups is 1. The van der Waals surface area contributed by atoms with Crippen molar-refractivity contribution >= 4 is 34.0 Å². The summed E-state index contributed by atoms with van der Waals surface area (Å²) in [7, 11) is 0. The quantitative estimate of drug-likeness (QED) is 0.600. The smallest absolute Gasteiger partial charge is 0.276 e. The van der Waals surface area contributed by atoms with Crippen molar-refractivity contribution in [2.24, 2.45) is 0 Å². The summed E-state index contributed by atoms with van der Waals surface area (Å²) >= 11 is 0. The van der Waals surface area contributed by atoms with Crippen molar-refractivity contribution in [1.29, 1.82) is 0 Å². The van der Waals surface area contributed by atoms with Crippen LogP contribution in [0, 0.1) is 6.92 Å². The zero-order valence-corrected chi connectivity index (χ0v) is 19.5. The summed E-state index contributed by atoms with van der Waals surface area (Å²) in [5.41, 5.74) is 2.45. The Balaban J connectivity index is 1.69. The van der Waals surface area contributed by atoms with Crippen molar-refractivity contribution in [3.63, 3.8) is 0 Å². The molecular weight excluding hydrogens is 430 g/mol. The molecule has 8 nitrogen and oxygen atoms in total. The van der Waals surface area contributed by atoms with Crippen LogP contribution in [0.25, 0.3) is 11.0 Å². The van der Waals surface area contributed by atoms with Crippen LogP contribution in [0.4, 0.5) is 17.1 Å². The number of fused-ring (bicyclic) bond motifs is 2. The molecule has 8 heteroatoms. The van der Waals surface area contributed by atoms with E-state index in [4.69, 9.17) is 1.37 Å². The first kappa shape index (κ1) is 21.0. The normalized spacial score (nSPS) is 22.9. The Morgan fingerprint density at radius 1 is 1.29 bits per heavy atom. The van der Waals surface area contributed by atoms with E-state index in [-0.39, 0.29) is 23.8 Å². The lowest BCUT2D eigenvalue weighted by Crippen LogP contribution is -2.44. The number of benzene rings is 1. The van der Waals surface area contributed by atoms with E-state index < -0.39 is 5.60 Å². The van der Waals surface area contributed by atoms with Crippen molar-refractivity contribution in [2.45, 2.75) is 51.2 Å². The van der Waals surface area contributed by atoms with Crippen molar-refractivity contribution in [3.05, 3.63) is 65.3 Å². The van der Waals surface area contributed by atoms with E-state index in [1.165, 1.54) is 6.08 Å². The summed E-state index contributed by atoms with van der Waals surface area (Å²) < 4.78 is 9.63. The molecule has 1 aliphatic heterocycles. The Labute approximate surface area is 199 Å². The summed E-state index contributed by atoms with van der Waals surface area (Å²) in [6, 6.07) is 7.42. The number of rotatable bonds is 3. The number of para-hydroxylation sites is 1. The minimum Gasteiger partial charge on any atom is -0.390 e. The SMILES string of the molecule is [2H]c1ncc2cc(N3CCN(C(=O)C=C)c4c(C)cccc43)c(=O)n(C3CCC(C)(O)CC3)c2n1. The van der Waals surface area contributed by atoms with E-state index in [2.05, 4.69) is 16.5 Å². The van der Waals surface area contributed by atoms with Gasteiger partial charge >= 0.3 is 0 Å². The van der Waals surface area contributed by atoms with Gasteiger partial charge in [-0.2, -0.15) is 0 Å². The van der Waals surface area contributed by atoms with E-state index in [0.29, 0.717) is 55.5 Å². The Hall–Kier alpha value is -3.52. The summed E-state index contributed by atoms with van der Waals surface area (Å²) in [5, 5.41) is 11.1. The van der Waals surface area contributed by atoms with Gasteiger partial charge in [-0.1, -0.05) is 18.7 Å². The lowest BCUT2D eigenvalue weighted by Gasteiger charge is -2.39. The Morgan fingerprint density at radius 2 is 2.06 bits per heavy atom. The first-order chi connectivity index (χ1) is 16.7. The molecule has 0 saturated heterocycles. The van der Waals surface area contributed by atoms with Gasteiger partial charge in [0.2, 0.25) is 0 Å². The summed E-state index contributed by atoms with van der Waals surface area (Å²) in [5.74, 6) is -0.179. The molecule has 1 fully saturated rings. The standard InChI is InChI=1S/C26H29N5O3/c1-4-22(32)30-13-12-29(20-7-5-6-17(2)23(20)30)21-14-18-15-27-16-28-24(18)31(25(21)33)19-8-10-26(3,34)11-9-19/h4-7,14-16,19,34H,1,8-13H2,2-3H3/i16D. The number of anilines is 3. The predicted molar refractivity (Wildman–Crippen MR) is 133 cm³/mol. The van der Waals surface area contributed by atoms with Crippen LogP contribution in [0.2, 0.25) is 0 Å². The molecule has 0 unspecified atom stereocenters. The van der Waals surface area contributed by atoms with Crippen molar-refractivity contribution in [3.8, 4) is 0 Å². The number of hydrogen-bond donors (Lipinski definition) is 1. The largest absolute Gasteiger partial charge is 0.390 e. The molecule has 0 radical (unpaired) electrons. The van der Waals surface area contributed by atoms with Gasteiger partial charge < -0.3 is 14.9 Å². The molecule has 1 aliphatic carbocycles. The highest BCUT2D eigenvalue weighted by Crippen LogP contribution is 2.40. The Morgan fingerprint density at radius 3 is 2.79 bits per heavy atom. The van der Waals surface area contributed by atoms with E-state index in [9.17, 15) is 14.7 Å². The first-order valence-corrected chi connectivity index (χ1v) is 11.6. The molecule has 2 aliphatic rings. The van der Waals surface area contributed by atoms with E-state index in [1.807, 2.05) is 36.9 Å². The molecule has 0 bridgehead atoms. The van der Waals surface area contributed by atoms with Crippen LogP contribution in [0.1, 0.15) is 45.6 Å². The molecule has 1 saturated carbocycles. The van der Waals surface area contributed by atoms with Gasteiger partial charge in [-0.15, -0.1) is 0 Å². The van der Waals surface area contributed by atoms with Crippen molar-refractivity contribution < 1.29 is 11.3 Å². The average molecular weight is 461 g/mol. The predicted octanol–water partition coefficient (Wildman–Crippen LogP) is 3.64. The Kier molecular flexibility index (Phi) is 5.17.